The quantitative estimate of drug-likeness (QED) is 0.157. The van der Waals surface area contributed by atoms with E-state index in [1.807, 2.05) is 97.1 Å². The van der Waals surface area contributed by atoms with Crippen molar-refractivity contribution in [1.82, 2.24) is 29.9 Å². The van der Waals surface area contributed by atoms with Crippen LogP contribution in [0.3, 0.4) is 0 Å². The molecule has 0 fully saturated rings. The molecule has 0 N–H and O–H groups in total. The zero-order valence-electron chi connectivity index (χ0n) is 30.4. The molecule has 0 amide bonds. The molecule has 0 aliphatic heterocycles. The highest BCUT2D eigenvalue weighted by molar-refractivity contribution is 6.06. The first-order valence-electron chi connectivity index (χ1n) is 18.8. The lowest BCUT2D eigenvalue weighted by atomic mass is 10.0. The first-order valence-corrected chi connectivity index (χ1v) is 18.8. The average molecular weight is 731 g/mol. The molecule has 7 aromatic carbocycles. The van der Waals surface area contributed by atoms with Gasteiger partial charge < -0.3 is 4.42 Å². The van der Waals surface area contributed by atoms with Gasteiger partial charge in [-0.25, -0.2) is 29.9 Å². The van der Waals surface area contributed by atoms with Crippen LogP contribution in [0.15, 0.2) is 187 Å². The minimum absolute atomic E-state index is 0.518. The van der Waals surface area contributed by atoms with Gasteiger partial charge in [0.15, 0.2) is 28.9 Å². The molecular formula is C50H30N6O. The monoisotopic (exact) mass is 730 g/mol. The van der Waals surface area contributed by atoms with Crippen LogP contribution in [0.25, 0.3) is 112 Å². The maximum absolute atomic E-state index is 6.36. The molecule has 4 aromatic heterocycles. The largest absolute Gasteiger partial charge is 0.434 e. The first-order chi connectivity index (χ1) is 28.2. The second-order valence-corrected chi connectivity index (χ2v) is 14.0. The topological polar surface area (TPSA) is 90.5 Å². The van der Waals surface area contributed by atoms with Crippen molar-refractivity contribution in [2.24, 2.45) is 0 Å². The van der Waals surface area contributed by atoms with Gasteiger partial charge in [-0.3, -0.25) is 0 Å². The molecule has 0 aliphatic carbocycles. The van der Waals surface area contributed by atoms with Gasteiger partial charge >= 0.3 is 0 Å². The summed E-state index contributed by atoms with van der Waals surface area (Å²) in [7, 11) is 0. The smallest absolute Gasteiger partial charge is 0.229 e. The molecule has 57 heavy (non-hydrogen) atoms. The van der Waals surface area contributed by atoms with Crippen molar-refractivity contribution in [2.75, 3.05) is 0 Å². The van der Waals surface area contributed by atoms with Crippen LogP contribution in [0, 0.1) is 0 Å². The Bertz CT molecular complexity index is 3290. The van der Waals surface area contributed by atoms with Gasteiger partial charge in [-0.15, -0.1) is 0 Å². The first kappa shape index (κ1) is 32.5. The molecule has 0 spiro atoms. The van der Waals surface area contributed by atoms with E-state index in [1.54, 1.807) is 6.20 Å². The molecule has 0 unspecified atom stereocenters. The van der Waals surface area contributed by atoms with Gasteiger partial charge in [-0.1, -0.05) is 140 Å². The summed E-state index contributed by atoms with van der Waals surface area (Å²) in [6.45, 7) is 0. The van der Waals surface area contributed by atoms with E-state index in [0.29, 0.717) is 45.8 Å². The van der Waals surface area contributed by atoms with Gasteiger partial charge in [0.2, 0.25) is 5.71 Å². The molecule has 0 atom stereocenters. The van der Waals surface area contributed by atoms with Crippen molar-refractivity contribution in [3.8, 4) is 67.9 Å². The number of hydrogen-bond acceptors (Lipinski definition) is 7. The molecule has 0 saturated heterocycles. The second-order valence-electron chi connectivity index (χ2n) is 14.0. The van der Waals surface area contributed by atoms with Crippen molar-refractivity contribution in [2.45, 2.75) is 0 Å². The van der Waals surface area contributed by atoms with Crippen LogP contribution in [-0.2, 0) is 0 Å². The summed E-state index contributed by atoms with van der Waals surface area (Å²) < 4.78 is 6.36. The van der Waals surface area contributed by atoms with Crippen molar-refractivity contribution < 1.29 is 4.42 Å². The zero-order chi connectivity index (χ0) is 37.7. The van der Waals surface area contributed by atoms with Crippen LogP contribution in [0.2, 0.25) is 0 Å². The number of hydrogen-bond donors (Lipinski definition) is 0. The third-order valence-electron chi connectivity index (χ3n) is 10.4. The van der Waals surface area contributed by atoms with E-state index in [1.165, 1.54) is 10.8 Å². The number of rotatable bonds is 6. The summed E-state index contributed by atoms with van der Waals surface area (Å²) in [5.41, 5.74) is 9.16. The highest BCUT2D eigenvalue weighted by atomic mass is 16.3. The Labute approximate surface area is 327 Å². The number of benzene rings is 7. The molecule has 4 heterocycles. The Kier molecular flexibility index (Phi) is 7.67. The highest BCUT2D eigenvalue weighted by Gasteiger charge is 2.20. The van der Waals surface area contributed by atoms with E-state index in [4.69, 9.17) is 29.3 Å². The summed E-state index contributed by atoms with van der Waals surface area (Å²) in [4.78, 5) is 29.8. The lowest BCUT2D eigenvalue weighted by molar-refractivity contribution is 0.652. The number of pyridine rings is 1. The lowest BCUT2D eigenvalue weighted by Gasteiger charge is -2.10. The standard InChI is InChI=1S/C50H30N6O/c1-3-11-31(12-4-1)35-17-9-18-39(28-35)49-55-46(33-13-5-2-6-14-33)54-47(56-49)34-22-20-32(21-23-34)43-45-44(42-19-10-26-51-50(42)57-45)53-48(52-43)40-25-24-38-27-36-15-7-8-16-37(36)29-41(38)30-40/h1-30H. The number of aromatic nitrogens is 6. The van der Waals surface area contributed by atoms with Gasteiger partial charge in [0.1, 0.15) is 11.2 Å². The second kappa shape index (κ2) is 13.4. The molecule has 11 rings (SSSR count). The Morgan fingerprint density at radius 3 is 1.63 bits per heavy atom. The van der Waals surface area contributed by atoms with E-state index < -0.39 is 0 Å². The van der Waals surface area contributed by atoms with E-state index in [2.05, 4.69) is 83.8 Å². The van der Waals surface area contributed by atoms with E-state index in [9.17, 15) is 0 Å². The van der Waals surface area contributed by atoms with Crippen LogP contribution in [0.4, 0.5) is 0 Å². The van der Waals surface area contributed by atoms with Crippen LogP contribution >= 0.6 is 0 Å². The van der Waals surface area contributed by atoms with E-state index in [0.717, 1.165) is 55.1 Å². The predicted octanol–water partition coefficient (Wildman–Crippen LogP) is 12.3. The summed E-state index contributed by atoms with van der Waals surface area (Å²) in [5.74, 6) is 2.38. The predicted molar refractivity (Wildman–Crippen MR) is 228 cm³/mol. The number of furan rings is 1. The number of fused-ring (bicyclic) bond motifs is 5. The molecule has 7 nitrogen and oxygen atoms in total. The Balaban J connectivity index is 1.03. The maximum atomic E-state index is 6.36. The summed E-state index contributed by atoms with van der Waals surface area (Å²) in [6.07, 6.45) is 1.73. The zero-order valence-corrected chi connectivity index (χ0v) is 30.4. The van der Waals surface area contributed by atoms with Crippen LogP contribution in [0.5, 0.6) is 0 Å². The third-order valence-corrected chi connectivity index (χ3v) is 10.4. The van der Waals surface area contributed by atoms with Crippen molar-refractivity contribution >= 4 is 43.7 Å². The van der Waals surface area contributed by atoms with E-state index >= 15 is 0 Å². The van der Waals surface area contributed by atoms with Gasteiger partial charge in [0.05, 0.1) is 5.39 Å². The molecular weight excluding hydrogens is 701 g/mol. The van der Waals surface area contributed by atoms with Crippen molar-refractivity contribution in [3.05, 3.63) is 182 Å². The van der Waals surface area contributed by atoms with Crippen molar-refractivity contribution in [1.29, 1.82) is 0 Å². The van der Waals surface area contributed by atoms with Gasteiger partial charge in [0, 0.05) is 34.0 Å². The van der Waals surface area contributed by atoms with Crippen molar-refractivity contribution in [3.63, 3.8) is 0 Å². The van der Waals surface area contributed by atoms with Crippen LogP contribution in [0.1, 0.15) is 0 Å². The maximum Gasteiger partial charge on any atom is 0.229 e. The molecule has 0 radical (unpaired) electrons. The number of nitrogens with zero attached hydrogens (tertiary/aromatic N) is 6. The molecule has 11 aromatic rings. The summed E-state index contributed by atoms with van der Waals surface area (Å²) in [5, 5.41) is 5.52. The fraction of sp³-hybridized carbons (Fsp3) is 0. The lowest BCUT2D eigenvalue weighted by Crippen LogP contribution is -2.00. The highest BCUT2D eigenvalue weighted by Crippen LogP contribution is 2.37. The summed E-state index contributed by atoms with van der Waals surface area (Å²) >= 11 is 0. The van der Waals surface area contributed by atoms with E-state index in [-0.39, 0.29) is 0 Å². The molecule has 7 heteroatoms. The fourth-order valence-corrected chi connectivity index (χ4v) is 7.48. The molecule has 0 bridgehead atoms. The Morgan fingerprint density at radius 1 is 0.333 bits per heavy atom. The summed E-state index contributed by atoms with van der Waals surface area (Å²) in [6, 6.07) is 59.9. The third kappa shape index (κ3) is 5.95. The van der Waals surface area contributed by atoms with Gasteiger partial charge in [-0.05, 0) is 69.1 Å². The molecule has 0 aliphatic rings. The van der Waals surface area contributed by atoms with Gasteiger partial charge in [0.25, 0.3) is 0 Å². The average Bonchev–Trinajstić information content (AvgIpc) is 3.67. The minimum atomic E-state index is 0.518. The normalized spacial score (nSPS) is 11.5. The Hall–Kier alpha value is -7.90. The molecule has 266 valence electrons. The molecule has 0 saturated carbocycles. The van der Waals surface area contributed by atoms with Crippen LogP contribution < -0.4 is 0 Å². The van der Waals surface area contributed by atoms with Crippen LogP contribution in [-0.4, -0.2) is 29.9 Å². The van der Waals surface area contributed by atoms with Gasteiger partial charge in [-0.2, -0.15) is 0 Å². The SMILES string of the molecule is c1ccc(-c2cccc(-c3nc(-c4ccccc4)nc(-c4ccc(-c5nc(-c6ccc7cc8ccccc8cc7c6)nc6c5oc5ncccc56)cc4)n3)c2)cc1. The Morgan fingerprint density at radius 2 is 0.877 bits per heavy atom. The minimum Gasteiger partial charge on any atom is -0.434 e. The fourth-order valence-electron chi connectivity index (χ4n) is 7.48.